The molecule has 3 rings (SSSR count). The van der Waals surface area contributed by atoms with E-state index in [2.05, 4.69) is 10.2 Å². The fourth-order valence-electron chi connectivity index (χ4n) is 3.78. The van der Waals surface area contributed by atoms with Gasteiger partial charge in [-0.1, -0.05) is 6.07 Å². The number of aliphatic carboxylic acids is 1. The van der Waals surface area contributed by atoms with Gasteiger partial charge in [0.15, 0.2) is 0 Å². The highest BCUT2D eigenvalue weighted by atomic mass is 16.4. The fraction of sp³-hybridized carbons (Fsp3) is 0.526. The van der Waals surface area contributed by atoms with E-state index in [0.717, 1.165) is 11.4 Å². The summed E-state index contributed by atoms with van der Waals surface area (Å²) in [7, 11) is 1.83. The van der Waals surface area contributed by atoms with Crippen LogP contribution in [0.4, 0.5) is 11.4 Å². The van der Waals surface area contributed by atoms with Crippen LogP contribution in [0, 0.1) is 0 Å². The number of anilines is 2. The number of hydrogen-bond donors (Lipinski definition) is 3. The monoisotopic (exact) mass is 375 g/mol. The van der Waals surface area contributed by atoms with Crippen LogP contribution in [0.3, 0.4) is 0 Å². The minimum absolute atomic E-state index is 0.236. The zero-order valence-corrected chi connectivity index (χ0v) is 15.4. The predicted molar refractivity (Wildman–Crippen MR) is 99.7 cm³/mol. The molecule has 2 fully saturated rings. The largest absolute Gasteiger partial charge is 0.481 e. The molecule has 2 amide bonds. The van der Waals surface area contributed by atoms with Crippen LogP contribution in [0.15, 0.2) is 24.3 Å². The van der Waals surface area contributed by atoms with Crippen molar-refractivity contribution >= 4 is 29.2 Å². The molecular formula is C19H25N3O5. The van der Waals surface area contributed by atoms with Crippen LogP contribution in [-0.2, 0) is 14.4 Å². The molecule has 8 nitrogen and oxygen atoms in total. The molecule has 2 heterocycles. The second kappa shape index (κ2) is 7.56. The zero-order valence-electron chi connectivity index (χ0n) is 15.4. The average molecular weight is 375 g/mol. The molecule has 0 radical (unpaired) electrons. The number of rotatable bonds is 5. The number of carbonyl (C=O) groups is 3. The Labute approximate surface area is 157 Å². The predicted octanol–water partition coefficient (Wildman–Crippen LogP) is 0.734. The van der Waals surface area contributed by atoms with E-state index >= 15 is 0 Å². The first-order valence-electron chi connectivity index (χ1n) is 9.13. The molecule has 0 aromatic heterocycles. The van der Waals surface area contributed by atoms with Gasteiger partial charge >= 0.3 is 5.97 Å². The van der Waals surface area contributed by atoms with Crippen molar-refractivity contribution in [1.29, 1.82) is 0 Å². The minimum Gasteiger partial charge on any atom is -0.481 e. The van der Waals surface area contributed by atoms with Gasteiger partial charge in [-0.25, -0.2) is 0 Å². The summed E-state index contributed by atoms with van der Waals surface area (Å²) < 4.78 is 0. The summed E-state index contributed by atoms with van der Waals surface area (Å²) >= 11 is 0. The molecular weight excluding hydrogens is 350 g/mol. The number of carbonyl (C=O) groups excluding carboxylic acids is 2. The second-order valence-electron chi connectivity index (χ2n) is 7.38. The van der Waals surface area contributed by atoms with E-state index in [-0.39, 0.29) is 24.3 Å². The van der Waals surface area contributed by atoms with Crippen molar-refractivity contribution in [2.45, 2.75) is 43.7 Å². The first-order chi connectivity index (χ1) is 12.8. The van der Waals surface area contributed by atoms with Crippen LogP contribution < -0.4 is 15.1 Å². The molecule has 2 saturated heterocycles. The Bertz CT molecular complexity index is 743. The van der Waals surface area contributed by atoms with Crippen molar-refractivity contribution in [2.24, 2.45) is 0 Å². The third kappa shape index (κ3) is 4.39. The molecule has 1 aromatic rings. The van der Waals surface area contributed by atoms with E-state index in [1.54, 1.807) is 0 Å². The van der Waals surface area contributed by atoms with Gasteiger partial charge in [-0.3, -0.25) is 19.7 Å². The van der Waals surface area contributed by atoms with Crippen molar-refractivity contribution in [3.8, 4) is 0 Å². The summed E-state index contributed by atoms with van der Waals surface area (Å²) in [6.45, 7) is 1.13. The van der Waals surface area contributed by atoms with Crippen LogP contribution in [0.2, 0.25) is 0 Å². The van der Waals surface area contributed by atoms with Crippen LogP contribution in [0.5, 0.6) is 0 Å². The lowest BCUT2D eigenvalue weighted by Crippen LogP contribution is -2.51. The van der Waals surface area contributed by atoms with Crippen molar-refractivity contribution < 1.29 is 24.6 Å². The molecule has 2 aliphatic heterocycles. The van der Waals surface area contributed by atoms with E-state index in [0.29, 0.717) is 38.8 Å². The maximum absolute atomic E-state index is 12.1. The molecule has 1 aromatic carbocycles. The lowest BCUT2D eigenvalue weighted by atomic mass is 9.88. The summed E-state index contributed by atoms with van der Waals surface area (Å²) in [6.07, 6.45) is 1.37. The van der Waals surface area contributed by atoms with Gasteiger partial charge in [-0.15, -0.1) is 0 Å². The molecule has 0 bridgehead atoms. The number of amides is 2. The Morgan fingerprint density at radius 3 is 2.67 bits per heavy atom. The highest BCUT2D eigenvalue weighted by Crippen LogP contribution is 2.31. The Hall–Kier alpha value is -2.61. The quantitative estimate of drug-likeness (QED) is 0.651. The molecule has 27 heavy (non-hydrogen) atoms. The summed E-state index contributed by atoms with van der Waals surface area (Å²) in [4.78, 5) is 38.3. The Balaban J connectivity index is 1.68. The number of nitrogens with one attached hydrogen (secondary N) is 1. The average Bonchev–Trinajstić information content (AvgIpc) is 2.61. The summed E-state index contributed by atoms with van der Waals surface area (Å²) in [6, 6.07) is 7.37. The van der Waals surface area contributed by atoms with Crippen LogP contribution in [0.25, 0.3) is 0 Å². The molecule has 3 N–H and O–H groups in total. The minimum atomic E-state index is -1.15. The van der Waals surface area contributed by atoms with Gasteiger partial charge in [0.05, 0.1) is 12.0 Å². The van der Waals surface area contributed by atoms with Gasteiger partial charge in [0.2, 0.25) is 11.8 Å². The number of piperidine rings is 2. The maximum atomic E-state index is 12.1. The van der Waals surface area contributed by atoms with Crippen LogP contribution in [0.1, 0.15) is 32.1 Å². The fourth-order valence-corrected chi connectivity index (χ4v) is 3.78. The number of hydrogen-bond acceptors (Lipinski definition) is 6. The SMILES string of the molecule is CN(c1cccc(N2CCC(O)(CC(=O)O)CC2)c1)C1CCC(=O)NC1=O. The van der Waals surface area contributed by atoms with Crippen LogP contribution >= 0.6 is 0 Å². The van der Waals surface area contributed by atoms with Gasteiger partial charge in [0.25, 0.3) is 0 Å². The van der Waals surface area contributed by atoms with E-state index in [4.69, 9.17) is 5.11 Å². The summed E-state index contributed by atoms with van der Waals surface area (Å²) in [5.74, 6) is -1.50. The Morgan fingerprint density at radius 1 is 1.33 bits per heavy atom. The standard InChI is InChI=1S/C19H25N3O5/c1-21(15-5-6-16(23)20-18(15)26)13-3-2-4-14(11-13)22-9-7-19(27,8-10-22)12-17(24)25/h2-4,11,15,27H,5-10,12H2,1H3,(H,24,25)(H,20,23,26). The number of imide groups is 1. The molecule has 2 aliphatic rings. The van der Waals surface area contributed by atoms with E-state index < -0.39 is 11.6 Å². The second-order valence-corrected chi connectivity index (χ2v) is 7.38. The third-order valence-corrected chi connectivity index (χ3v) is 5.45. The number of benzene rings is 1. The summed E-state index contributed by atoms with van der Waals surface area (Å²) in [5.41, 5.74) is 0.682. The van der Waals surface area contributed by atoms with Crippen molar-refractivity contribution in [1.82, 2.24) is 5.32 Å². The maximum Gasteiger partial charge on any atom is 0.306 e. The number of carboxylic acids is 1. The molecule has 146 valence electrons. The van der Waals surface area contributed by atoms with Crippen molar-refractivity contribution in [2.75, 3.05) is 29.9 Å². The van der Waals surface area contributed by atoms with Crippen molar-refractivity contribution in [3.05, 3.63) is 24.3 Å². The normalized spacial score (nSPS) is 22.3. The van der Waals surface area contributed by atoms with Gasteiger partial charge in [-0.2, -0.15) is 0 Å². The first kappa shape index (κ1) is 19.2. The molecule has 0 aliphatic carbocycles. The van der Waals surface area contributed by atoms with E-state index in [1.165, 1.54) is 0 Å². The first-order valence-corrected chi connectivity index (χ1v) is 9.13. The summed E-state index contributed by atoms with van der Waals surface area (Å²) in [5, 5.41) is 21.7. The number of aliphatic hydroxyl groups is 1. The van der Waals surface area contributed by atoms with E-state index in [1.807, 2.05) is 36.2 Å². The highest BCUT2D eigenvalue weighted by molar-refractivity contribution is 6.01. The number of nitrogens with zero attached hydrogens (tertiary/aromatic N) is 2. The Morgan fingerprint density at radius 2 is 2.04 bits per heavy atom. The lowest BCUT2D eigenvalue weighted by molar-refractivity contribution is -0.143. The third-order valence-electron chi connectivity index (χ3n) is 5.45. The van der Waals surface area contributed by atoms with Crippen molar-refractivity contribution in [3.63, 3.8) is 0 Å². The molecule has 8 heteroatoms. The molecule has 1 atom stereocenters. The highest BCUT2D eigenvalue weighted by Gasteiger charge is 2.35. The number of likely N-dealkylation sites (N-methyl/N-ethyl adjacent to an activating group) is 1. The lowest BCUT2D eigenvalue weighted by Gasteiger charge is -2.39. The molecule has 0 saturated carbocycles. The zero-order chi connectivity index (χ0) is 19.6. The Kier molecular flexibility index (Phi) is 5.36. The van der Waals surface area contributed by atoms with Gasteiger partial charge in [0, 0.05) is 37.9 Å². The van der Waals surface area contributed by atoms with Crippen LogP contribution in [-0.4, -0.2) is 59.8 Å². The van der Waals surface area contributed by atoms with E-state index in [9.17, 15) is 19.5 Å². The molecule has 1 unspecified atom stereocenters. The molecule has 0 spiro atoms. The van der Waals surface area contributed by atoms with Gasteiger partial charge < -0.3 is 20.0 Å². The van der Waals surface area contributed by atoms with Gasteiger partial charge in [-0.05, 0) is 37.5 Å². The topological polar surface area (TPSA) is 110 Å². The van der Waals surface area contributed by atoms with Gasteiger partial charge in [0.1, 0.15) is 6.04 Å². The smallest absolute Gasteiger partial charge is 0.306 e. The number of carboxylic acid groups (broad SMARTS) is 1.